The van der Waals surface area contributed by atoms with Crippen molar-refractivity contribution >= 4 is 56.4 Å². The number of carbonyl (C=O) groups is 1. The van der Waals surface area contributed by atoms with Gasteiger partial charge in [-0.2, -0.15) is 5.26 Å². The van der Waals surface area contributed by atoms with Gasteiger partial charge in [-0.05, 0) is 54.1 Å². The van der Waals surface area contributed by atoms with Gasteiger partial charge in [-0.15, -0.1) is 0 Å². The molecule has 32 heavy (non-hydrogen) atoms. The molecule has 0 aromatic heterocycles. The van der Waals surface area contributed by atoms with Gasteiger partial charge in [-0.25, -0.2) is 13.6 Å². The summed E-state index contributed by atoms with van der Waals surface area (Å²) in [7, 11) is -3.90. The third kappa shape index (κ3) is 6.13. The highest BCUT2D eigenvalue weighted by Gasteiger charge is 2.14. The van der Waals surface area contributed by atoms with Gasteiger partial charge >= 0.3 is 0 Å². The molecule has 0 spiro atoms. The Morgan fingerprint density at radius 1 is 1.03 bits per heavy atom. The Morgan fingerprint density at radius 3 is 2.41 bits per heavy atom. The molecule has 3 rings (SSSR count). The van der Waals surface area contributed by atoms with E-state index < -0.39 is 15.9 Å². The molecule has 0 unspecified atom stereocenters. The number of anilines is 1. The molecule has 0 fully saturated rings. The van der Waals surface area contributed by atoms with Crippen LogP contribution in [0.25, 0.3) is 0 Å². The summed E-state index contributed by atoms with van der Waals surface area (Å²) in [6.45, 7) is 0. The second kappa shape index (κ2) is 9.77. The first-order valence-electron chi connectivity index (χ1n) is 8.84. The second-order valence-electron chi connectivity index (χ2n) is 6.57. The number of amides is 1. The zero-order chi connectivity index (χ0) is 23.5. The molecule has 0 aliphatic rings. The van der Waals surface area contributed by atoms with Gasteiger partial charge in [0.15, 0.2) is 0 Å². The van der Waals surface area contributed by atoms with E-state index in [1.54, 1.807) is 24.3 Å². The number of nitrogens with zero attached hydrogens (tertiary/aromatic N) is 1. The Morgan fingerprint density at radius 2 is 1.78 bits per heavy atom. The van der Waals surface area contributed by atoms with Gasteiger partial charge in [0.25, 0.3) is 0 Å². The maximum absolute atomic E-state index is 12.4. The predicted octanol–water partition coefficient (Wildman–Crippen LogP) is 5.14. The monoisotopic (exact) mass is 509 g/mol. The minimum Gasteiger partial charge on any atom is -0.456 e. The van der Waals surface area contributed by atoms with Crippen LogP contribution in [0, 0.1) is 11.3 Å². The number of benzene rings is 3. The quantitative estimate of drug-likeness (QED) is 0.475. The number of ether oxygens (including phenoxy) is 1. The first kappa shape index (κ1) is 23.9. The van der Waals surface area contributed by atoms with Gasteiger partial charge < -0.3 is 10.1 Å². The summed E-state index contributed by atoms with van der Waals surface area (Å²) in [4.78, 5) is 12.2. The molecule has 0 heterocycles. The van der Waals surface area contributed by atoms with E-state index in [9.17, 15) is 13.2 Å². The summed E-state index contributed by atoms with van der Waals surface area (Å²) < 4.78 is 28.4. The van der Waals surface area contributed by atoms with Crippen LogP contribution in [-0.2, 0) is 21.2 Å². The molecule has 3 aromatic carbocycles. The molecule has 0 aliphatic heterocycles. The highest BCUT2D eigenvalue weighted by molar-refractivity contribution is 7.89. The normalized spacial score (nSPS) is 11.0. The molecule has 3 aromatic rings. The Kier molecular flexibility index (Phi) is 7.29. The Balaban J connectivity index is 1.70. The molecule has 0 aliphatic carbocycles. The van der Waals surface area contributed by atoms with Crippen molar-refractivity contribution < 1.29 is 17.9 Å². The molecule has 1 amide bonds. The van der Waals surface area contributed by atoms with E-state index in [4.69, 9.17) is 49.9 Å². The number of carbonyl (C=O) groups excluding carboxylic acids is 1. The lowest BCUT2D eigenvalue weighted by atomic mass is 10.1. The third-order valence-electron chi connectivity index (χ3n) is 4.13. The van der Waals surface area contributed by atoms with Crippen LogP contribution in [0.2, 0.25) is 15.1 Å². The number of hydrogen-bond donors (Lipinski definition) is 2. The summed E-state index contributed by atoms with van der Waals surface area (Å²) in [5.74, 6) is 0.274. The summed E-state index contributed by atoms with van der Waals surface area (Å²) in [5.41, 5.74) is 1.18. The molecule has 0 atom stereocenters. The van der Waals surface area contributed by atoms with Crippen LogP contribution in [0.4, 0.5) is 5.69 Å². The molecule has 0 saturated heterocycles. The van der Waals surface area contributed by atoms with Crippen molar-refractivity contribution in [2.24, 2.45) is 5.14 Å². The zero-order valence-corrected chi connectivity index (χ0v) is 19.2. The average molecular weight is 511 g/mol. The molecular weight excluding hydrogens is 497 g/mol. The fraction of sp³-hybridized carbons (Fsp3) is 0.0476. The SMILES string of the molecule is N#Cc1cc(Cl)cc(Oc2ccc(CC(=O)Nc3ccc(S(N)(=O)=O)cc3Cl)cc2Cl)c1. The first-order valence-corrected chi connectivity index (χ1v) is 11.5. The summed E-state index contributed by atoms with van der Waals surface area (Å²) in [6, 6.07) is 15.1. The second-order valence-corrected chi connectivity index (χ2v) is 9.38. The number of primary sulfonamides is 1. The molecule has 3 N–H and O–H groups in total. The zero-order valence-electron chi connectivity index (χ0n) is 16.1. The number of nitrogens with one attached hydrogen (secondary N) is 1. The van der Waals surface area contributed by atoms with Crippen LogP contribution >= 0.6 is 34.8 Å². The largest absolute Gasteiger partial charge is 0.456 e. The minimum atomic E-state index is -3.90. The topological polar surface area (TPSA) is 122 Å². The Labute approximate surface area is 199 Å². The Bertz CT molecular complexity index is 1350. The molecular formula is C21H14Cl3N3O4S. The number of sulfonamides is 1. The molecule has 164 valence electrons. The fourth-order valence-electron chi connectivity index (χ4n) is 2.70. The van der Waals surface area contributed by atoms with Gasteiger partial charge in [0.2, 0.25) is 15.9 Å². The van der Waals surface area contributed by atoms with Gasteiger partial charge in [0.1, 0.15) is 11.5 Å². The van der Waals surface area contributed by atoms with Gasteiger partial charge in [-0.1, -0.05) is 40.9 Å². The maximum atomic E-state index is 12.4. The lowest BCUT2D eigenvalue weighted by molar-refractivity contribution is -0.115. The minimum absolute atomic E-state index is 0.0248. The highest BCUT2D eigenvalue weighted by Crippen LogP contribution is 2.32. The number of halogens is 3. The van der Waals surface area contributed by atoms with E-state index in [0.717, 1.165) is 6.07 Å². The van der Waals surface area contributed by atoms with E-state index in [1.807, 2.05) is 6.07 Å². The lowest BCUT2D eigenvalue weighted by Gasteiger charge is -2.11. The summed E-state index contributed by atoms with van der Waals surface area (Å²) in [5, 5.41) is 17.3. The number of hydrogen-bond acceptors (Lipinski definition) is 5. The molecule has 7 nitrogen and oxygen atoms in total. The Hall–Kier alpha value is -2.80. The van der Waals surface area contributed by atoms with E-state index in [-0.39, 0.29) is 27.0 Å². The van der Waals surface area contributed by atoms with Crippen molar-refractivity contribution in [1.29, 1.82) is 5.26 Å². The van der Waals surface area contributed by atoms with Gasteiger partial charge in [-0.3, -0.25) is 4.79 Å². The van der Waals surface area contributed by atoms with Crippen LogP contribution in [0.3, 0.4) is 0 Å². The van der Waals surface area contributed by atoms with Crippen molar-refractivity contribution in [3.05, 3.63) is 80.8 Å². The van der Waals surface area contributed by atoms with Crippen molar-refractivity contribution in [2.45, 2.75) is 11.3 Å². The molecule has 0 radical (unpaired) electrons. The van der Waals surface area contributed by atoms with Crippen LogP contribution in [0.5, 0.6) is 11.5 Å². The smallest absolute Gasteiger partial charge is 0.238 e. The van der Waals surface area contributed by atoms with Gasteiger partial charge in [0.05, 0.1) is 38.7 Å². The average Bonchev–Trinajstić information content (AvgIpc) is 2.70. The first-order chi connectivity index (χ1) is 15.0. The van der Waals surface area contributed by atoms with Crippen LogP contribution < -0.4 is 15.2 Å². The lowest BCUT2D eigenvalue weighted by Crippen LogP contribution is -2.16. The summed E-state index contributed by atoms with van der Waals surface area (Å²) >= 11 is 18.3. The highest BCUT2D eigenvalue weighted by atomic mass is 35.5. The van der Waals surface area contributed by atoms with Gasteiger partial charge in [0, 0.05) is 5.02 Å². The van der Waals surface area contributed by atoms with Crippen molar-refractivity contribution in [2.75, 3.05) is 5.32 Å². The van der Waals surface area contributed by atoms with Crippen LogP contribution in [0.1, 0.15) is 11.1 Å². The van der Waals surface area contributed by atoms with Crippen molar-refractivity contribution in [3.63, 3.8) is 0 Å². The third-order valence-corrected chi connectivity index (χ3v) is 5.87. The van der Waals surface area contributed by atoms with Crippen molar-refractivity contribution in [1.82, 2.24) is 0 Å². The number of nitriles is 1. The molecule has 11 heteroatoms. The van der Waals surface area contributed by atoms with E-state index in [1.165, 1.54) is 24.3 Å². The standard InChI is InChI=1S/C21H14Cl3N3O4S/c22-14-5-13(11-25)6-15(9-14)31-20-4-1-12(7-18(20)24)8-21(28)27-19-3-2-16(10-17(19)23)32(26,29)30/h1-7,9-10H,8H2,(H,27,28)(H2,26,29,30). The van der Waals surface area contributed by atoms with E-state index in [2.05, 4.69) is 5.32 Å². The van der Waals surface area contributed by atoms with E-state index in [0.29, 0.717) is 27.6 Å². The number of nitrogens with two attached hydrogens (primary N) is 1. The molecule has 0 bridgehead atoms. The summed E-state index contributed by atoms with van der Waals surface area (Å²) in [6.07, 6.45) is -0.0248. The fourth-order valence-corrected chi connectivity index (χ4v) is 4.00. The molecule has 0 saturated carbocycles. The van der Waals surface area contributed by atoms with E-state index >= 15 is 0 Å². The predicted molar refractivity (Wildman–Crippen MR) is 123 cm³/mol. The number of rotatable bonds is 6. The van der Waals surface area contributed by atoms with Crippen LogP contribution in [0.15, 0.2) is 59.5 Å². The van der Waals surface area contributed by atoms with Crippen molar-refractivity contribution in [3.8, 4) is 17.6 Å². The van der Waals surface area contributed by atoms with Crippen LogP contribution in [-0.4, -0.2) is 14.3 Å². The maximum Gasteiger partial charge on any atom is 0.238 e.